The van der Waals surface area contributed by atoms with Crippen LogP contribution in [-0.2, 0) is 6.54 Å². The molecule has 0 spiro atoms. The molecule has 7 nitrogen and oxygen atoms in total. The molecule has 0 bridgehead atoms. The Morgan fingerprint density at radius 2 is 2.00 bits per heavy atom. The predicted octanol–water partition coefficient (Wildman–Crippen LogP) is 3.90. The lowest BCUT2D eigenvalue weighted by molar-refractivity contribution is 0.414. The van der Waals surface area contributed by atoms with Crippen molar-refractivity contribution in [2.24, 2.45) is 0 Å². The molecule has 4 aromatic rings. The number of tetrazole rings is 1. The normalized spacial score (nSPS) is 10.9. The third-order valence-electron chi connectivity index (χ3n) is 4.01. The number of hydrogen-bond donors (Lipinski definition) is 1. The van der Waals surface area contributed by atoms with Crippen LogP contribution in [-0.4, -0.2) is 37.1 Å². The highest BCUT2D eigenvalue weighted by Gasteiger charge is 2.13. The average Bonchev–Trinajstić information content (AvgIpc) is 3.28. The van der Waals surface area contributed by atoms with Crippen molar-refractivity contribution in [1.82, 2.24) is 30.0 Å². The number of hydrogen-bond acceptors (Lipinski definition) is 5. The van der Waals surface area contributed by atoms with Crippen molar-refractivity contribution in [2.45, 2.75) is 6.54 Å². The van der Waals surface area contributed by atoms with E-state index in [-0.39, 0.29) is 0 Å². The summed E-state index contributed by atoms with van der Waals surface area (Å²) in [7, 11) is 1.64. The van der Waals surface area contributed by atoms with Crippen LogP contribution in [0.15, 0.2) is 54.7 Å². The molecule has 0 atom stereocenters. The third kappa shape index (κ3) is 3.62. The van der Waals surface area contributed by atoms with Gasteiger partial charge in [0.1, 0.15) is 10.4 Å². The maximum Gasteiger partial charge on any atom is 0.209 e. The summed E-state index contributed by atoms with van der Waals surface area (Å²) in [4.78, 5) is 1.53. The average molecular weight is 399 g/mol. The maximum absolute atomic E-state index is 6.06. The van der Waals surface area contributed by atoms with Gasteiger partial charge in [-0.15, -0.1) is 10.2 Å². The van der Waals surface area contributed by atoms with Gasteiger partial charge in [0.25, 0.3) is 0 Å². The van der Waals surface area contributed by atoms with Crippen molar-refractivity contribution in [3.63, 3.8) is 0 Å². The predicted molar refractivity (Wildman–Crippen MR) is 105 cm³/mol. The molecule has 27 heavy (non-hydrogen) atoms. The number of halogens is 1. The number of ether oxygens (including phenoxy) is 1. The minimum Gasteiger partial charge on any atom is -0.497 e. The van der Waals surface area contributed by atoms with Crippen LogP contribution < -0.4 is 4.74 Å². The van der Waals surface area contributed by atoms with Gasteiger partial charge in [-0.25, -0.2) is 4.68 Å². The second kappa shape index (κ2) is 7.34. The van der Waals surface area contributed by atoms with Gasteiger partial charge in [-0.2, -0.15) is 4.80 Å². The van der Waals surface area contributed by atoms with Gasteiger partial charge in [0.2, 0.25) is 5.82 Å². The van der Waals surface area contributed by atoms with Gasteiger partial charge in [-0.3, -0.25) is 5.10 Å². The van der Waals surface area contributed by atoms with Crippen molar-refractivity contribution in [3.8, 4) is 22.8 Å². The molecular formula is C18H15ClN6OS. The Kier molecular flexibility index (Phi) is 4.74. The van der Waals surface area contributed by atoms with Crippen LogP contribution >= 0.6 is 23.8 Å². The van der Waals surface area contributed by atoms with Crippen LogP contribution in [0.4, 0.5) is 0 Å². The minimum absolute atomic E-state index is 0.463. The number of rotatable bonds is 5. The van der Waals surface area contributed by atoms with Gasteiger partial charge in [-0.05, 0) is 41.1 Å². The number of aromatic nitrogens is 6. The largest absolute Gasteiger partial charge is 0.497 e. The van der Waals surface area contributed by atoms with Crippen molar-refractivity contribution >= 4 is 23.8 Å². The lowest BCUT2D eigenvalue weighted by Crippen LogP contribution is -2.04. The first-order valence-corrected chi connectivity index (χ1v) is 8.90. The summed E-state index contributed by atoms with van der Waals surface area (Å²) in [6.07, 6.45) is 1.76. The molecule has 0 radical (unpaired) electrons. The molecule has 2 aromatic heterocycles. The molecule has 0 aliphatic carbocycles. The van der Waals surface area contributed by atoms with Gasteiger partial charge in [0.05, 0.1) is 24.9 Å². The van der Waals surface area contributed by atoms with Crippen molar-refractivity contribution in [3.05, 3.63) is 70.0 Å². The summed E-state index contributed by atoms with van der Waals surface area (Å²) in [6.45, 7) is 0.502. The standard InChI is InChI=1S/C18H15ClN6OS/c1-26-15-7-5-12(6-8-15)11-24-22-17(21-23-24)16-10-20-25(18(16)27)14-4-2-3-13(19)9-14/h2-10,20H,11H2,1H3. The smallest absolute Gasteiger partial charge is 0.209 e. The van der Waals surface area contributed by atoms with Crippen molar-refractivity contribution < 1.29 is 4.74 Å². The highest BCUT2D eigenvalue weighted by atomic mass is 35.5. The van der Waals surface area contributed by atoms with Crippen molar-refractivity contribution in [1.29, 1.82) is 0 Å². The molecule has 1 N–H and O–H groups in total. The Morgan fingerprint density at radius 3 is 2.74 bits per heavy atom. The highest BCUT2D eigenvalue weighted by Crippen LogP contribution is 2.20. The Balaban J connectivity index is 1.59. The van der Waals surface area contributed by atoms with E-state index in [2.05, 4.69) is 20.5 Å². The second-order valence-electron chi connectivity index (χ2n) is 5.80. The molecule has 4 rings (SSSR count). The molecule has 0 aliphatic heterocycles. The molecule has 0 amide bonds. The topological polar surface area (TPSA) is 73.5 Å². The zero-order chi connectivity index (χ0) is 18.8. The van der Waals surface area contributed by atoms with E-state index in [1.54, 1.807) is 18.0 Å². The maximum atomic E-state index is 6.06. The number of methoxy groups -OCH3 is 1. The van der Waals surface area contributed by atoms with Crippen LogP contribution in [0.5, 0.6) is 5.75 Å². The second-order valence-corrected chi connectivity index (χ2v) is 6.62. The zero-order valence-electron chi connectivity index (χ0n) is 14.3. The van der Waals surface area contributed by atoms with Crippen LogP contribution in [0.2, 0.25) is 5.02 Å². The fourth-order valence-electron chi connectivity index (χ4n) is 2.65. The van der Waals surface area contributed by atoms with E-state index in [0.717, 1.165) is 17.0 Å². The molecule has 2 heterocycles. The quantitative estimate of drug-likeness (QED) is 0.516. The number of benzene rings is 2. The molecule has 0 saturated carbocycles. The summed E-state index contributed by atoms with van der Waals surface area (Å²) in [5.74, 6) is 1.27. The van der Waals surface area contributed by atoms with Gasteiger partial charge in [-0.1, -0.05) is 42.0 Å². The Morgan fingerprint density at radius 1 is 1.19 bits per heavy atom. The molecule has 0 aliphatic rings. The first-order chi connectivity index (χ1) is 13.1. The summed E-state index contributed by atoms with van der Waals surface area (Å²) >= 11 is 11.6. The van der Waals surface area contributed by atoms with Gasteiger partial charge in [0.15, 0.2) is 0 Å². The lowest BCUT2D eigenvalue weighted by Gasteiger charge is -2.02. The molecular weight excluding hydrogens is 384 g/mol. The molecule has 0 unspecified atom stereocenters. The van der Waals surface area contributed by atoms with E-state index >= 15 is 0 Å². The van der Waals surface area contributed by atoms with Gasteiger partial charge < -0.3 is 4.74 Å². The van der Waals surface area contributed by atoms with Crippen molar-refractivity contribution in [2.75, 3.05) is 7.11 Å². The number of nitrogens with zero attached hydrogens (tertiary/aromatic N) is 5. The monoisotopic (exact) mass is 398 g/mol. The van der Waals surface area contributed by atoms with Crippen LogP contribution in [0.25, 0.3) is 17.1 Å². The number of nitrogens with one attached hydrogen (secondary N) is 1. The third-order valence-corrected chi connectivity index (χ3v) is 4.65. The lowest BCUT2D eigenvalue weighted by atomic mass is 10.2. The van der Waals surface area contributed by atoms with Crippen LogP contribution in [0.1, 0.15) is 5.56 Å². The van der Waals surface area contributed by atoms with E-state index in [4.69, 9.17) is 28.6 Å². The van der Waals surface area contributed by atoms with E-state index in [1.807, 2.05) is 48.5 Å². The first kappa shape index (κ1) is 17.4. The van der Waals surface area contributed by atoms with E-state index in [1.165, 1.54) is 4.80 Å². The molecule has 136 valence electrons. The SMILES string of the molecule is COc1ccc(Cn2nnc(-c3c[nH]n(-c4cccc(Cl)c4)c3=S)n2)cc1. The van der Waals surface area contributed by atoms with E-state index in [0.29, 0.717) is 27.6 Å². The summed E-state index contributed by atoms with van der Waals surface area (Å²) in [5, 5.41) is 16.4. The molecule has 0 saturated heterocycles. The zero-order valence-corrected chi connectivity index (χ0v) is 15.9. The summed E-state index contributed by atoms with van der Waals surface area (Å²) in [6, 6.07) is 15.1. The fourth-order valence-corrected chi connectivity index (χ4v) is 3.14. The Labute approximate surface area is 165 Å². The molecule has 0 fully saturated rings. The number of H-pyrrole nitrogens is 1. The highest BCUT2D eigenvalue weighted by molar-refractivity contribution is 7.71. The van der Waals surface area contributed by atoms with Gasteiger partial charge in [0, 0.05) is 11.2 Å². The molecule has 2 aromatic carbocycles. The van der Waals surface area contributed by atoms with E-state index < -0.39 is 0 Å². The summed E-state index contributed by atoms with van der Waals surface area (Å²) < 4.78 is 7.47. The van der Waals surface area contributed by atoms with E-state index in [9.17, 15) is 0 Å². The Hall–Kier alpha value is -2.97. The summed E-state index contributed by atoms with van der Waals surface area (Å²) in [5.41, 5.74) is 2.58. The Bertz CT molecular complexity index is 1130. The van der Waals surface area contributed by atoms with Crippen LogP contribution in [0, 0.1) is 4.64 Å². The number of aromatic amines is 1. The minimum atomic E-state index is 0.463. The van der Waals surface area contributed by atoms with Crippen LogP contribution in [0.3, 0.4) is 0 Å². The first-order valence-electron chi connectivity index (χ1n) is 8.11. The van der Waals surface area contributed by atoms with Gasteiger partial charge >= 0.3 is 0 Å². The molecule has 9 heteroatoms. The fraction of sp³-hybridized carbons (Fsp3) is 0.111.